The second-order valence-corrected chi connectivity index (χ2v) is 4.96. The molecule has 0 amide bonds. The highest BCUT2D eigenvalue weighted by Gasteiger charge is 2.31. The van der Waals surface area contributed by atoms with Crippen LogP contribution >= 0.6 is 0 Å². The summed E-state index contributed by atoms with van der Waals surface area (Å²) in [5, 5.41) is 10.5. The molecule has 0 aliphatic heterocycles. The van der Waals surface area contributed by atoms with Crippen LogP contribution in [-0.4, -0.2) is 24.3 Å². The Labute approximate surface area is 115 Å². The Kier molecular flexibility index (Phi) is 6.57. The summed E-state index contributed by atoms with van der Waals surface area (Å²) in [6.45, 7) is 4.02. The van der Waals surface area contributed by atoms with Crippen LogP contribution in [0.15, 0.2) is 30.3 Å². The number of benzene rings is 1. The monoisotopic (exact) mass is 264 g/mol. The van der Waals surface area contributed by atoms with Crippen molar-refractivity contribution >= 4 is 5.97 Å². The SMILES string of the molecule is CCCCC(C(=O)OC)C(O)C(C)c1ccccc1. The van der Waals surface area contributed by atoms with Crippen molar-refractivity contribution in [1.29, 1.82) is 0 Å². The van der Waals surface area contributed by atoms with Gasteiger partial charge < -0.3 is 9.84 Å². The first kappa shape index (κ1) is 15.7. The topological polar surface area (TPSA) is 46.5 Å². The van der Waals surface area contributed by atoms with Crippen LogP contribution < -0.4 is 0 Å². The quantitative estimate of drug-likeness (QED) is 0.770. The van der Waals surface area contributed by atoms with E-state index < -0.39 is 12.0 Å². The average Bonchev–Trinajstić information content (AvgIpc) is 2.47. The highest BCUT2D eigenvalue weighted by Crippen LogP contribution is 2.27. The minimum Gasteiger partial charge on any atom is -0.469 e. The second kappa shape index (κ2) is 7.95. The average molecular weight is 264 g/mol. The number of rotatable bonds is 7. The third-order valence-electron chi connectivity index (χ3n) is 3.62. The molecule has 1 aromatic carbocycles. The van der Waals surface area contributed by atoms with E-state index in [1.165, 1.54) is 7.11 Å². The summed E-state index contributed by atoms with van der Waals surface area (Å²) in [5.41, 5.74) is 1.04. The second-order valence-electron chi connectivity index (χ2n) is 4.96. The molecule has 3 heteroatoms. The van der Waals surface area contributed by atoms with Gasteiger partial charge in [-0.25, -0.2) is 0 Å². The molecule has 0 spiro atoms. The maximum atomic E-state index is 11.8. The summed E-state index contributed by atoms with van der Waals surface area (Å²) in [7, 11) is 1.38. The van der Waals surface area contributed by atoms with Crippen molar-refractivity contribution in [3.8, 4) is 0 Å². The first-order chi connectivity index (χ1) is 9.11. The van der Waals surface area contributed by atoms with Crippen LogP contribution in [0.25, 0.3) is 0 Å². The highest BCUT2D eigenvalue weighted by molar-refractivity contribution is 5.73. The van der Waals surface area contributed by atoms with Crippen LogP contribution in [0.3, 0.4) is 0 Å². The Bertz CT molecular complexity index is 375. The van der Waals surface area contributed by atoms with Crippen LogP contribution in [0.5, 0.6) is 0 Å². The standard InChI is InChI=1S/C16H24O3/c1-4-5-11-14(16(18)19-3)15(17)12(2)13-9-7-6-8-10-13/h6-10,12,14-15,17H,4-5,11H2,1-3H3. The lowest BCUT2D eigenvalue weighted by atomic mass is 9.84. The van der Waals surface area contributed by atoms with Crippen LogP contribution in [0.1, 0.15) is 44.6 Å². The van der Waals surface area contributed by atoms with Gasteiger partial charge in [-0.1, -0.05) is 57.0 Å². The van der Waals surface area contributed by atoms with E-state index in [9.17, 15) is 9.90 Å². The maximum Gasteiger partial charge on any atom is 0.311 e. The van der Waals surface area contributed by atoms with Gasteiger partial charge >= 0.3 is 5.97 Å². The number of esters is 1. The third-order valence-corrected chi connectivity index (χ3v) is 3.62. The summed E-state index contributed by atoms with van der Waals surface area (Å²) in [4.78, 5) is 11.8. The molecule has 0 heterocycles. The van der Waals surface area contributed by atoms with Crippen molar-refractivity contribution in [3.05, 3.63) is 35.9 Å². The van der Waals surface area contributed by atoms with Gasteiger partial charge in [0, 0.05) is 5.92 Å². The molecule has 0 aromatic heterocycles. The molecule has 3 atom stereocenters. The lowest BCUT2D eigenvalue weighted by Crippen LogP contribution is -2.33. The van der Waals surface area contributed by atoms with Gasteiger partial charge in [-0.05, 0) is 12.0 Å². The van der Waals surface area contributed by atoms with Crippen LogP contribution in [0.4, 0.5) is 0 Å². The molecule has 0 fully saturated rings. The number of aliphatic hydroxyl groups is 1. The lowest BCUT2D eigenvalue weighted by Gasteiger charge is -2.26. The van der Waals surface area contributed by atoms with Crippen LogP contribution in [0.2, 0.25) is 0 Å². The van der Waals surface area contributed by atoms with E-state index >= 15 is 0 Å². The summed E-state index contributed by atoms with van der Waals surface area (Å²) in [6.07, 6.45) is 1.88. The van der Waals surface area contributed by atoms with E-state index in [1.54, 1.807) is 0 Å². The fourth-order valence-corrected chi connectivity index (χ4v) is 2.31. The van der Waals surface area contributed by atoms with Gasteiger partial charge in [0.05, 0.1) is 19.1 Å². The Morgan fingerprint density at radius 3 is 2.47 bits per heavy atom. The minimum atomic E-state index is -0.707. The lowest BCUT2D eigenvalue weighted by molar-refractivity contribution is -0.150. The molecule has 0 bridgehead atoms. The molecule has 1 aromatic rings. The summed E-state index contributed by atoms with van der Waals surface area (Å²) < 4.78 is 4.82. The Morgan fingerprint density at radius 2 is 1.95 bits per heavy atom. The normalized spacial score (nSPS) is 15.6. The Morgan fingerprint density at radius 1 is 1.32 bits per heavy atom. The molecule has 0 saturated heterocycles. The van der Waals surface area contributed by atoms with Gasteiger partial charge in [0.15, 0.2) is 0 Å². The largest absolute Gasteiger partial charge is 0.469 e. The molecule has 3 nitrogen and oxygen atoms in total. The third kappa shape index (κ3) is 4.35. The number of aliphatic hydroxyl groups excluding tert-OH is 1. The Hall–Kier alpha value is -1.35. The number of hydrogen-bond donors (Lipinski definition) is 1. The molecule has 0 radical (unpaired) electrons. The number of carbonyl (C=O) groups is 1. The molecular formula is C16H24O3. The van der Waals surface area contributed by atoms with Gasteiger partial charge in [-0.3, -0.25) is 4.79 Å². The van der Waals surface area contributed by atoms with Gasteiger partial charge in [0.1, 0.15) is 0 Å². The van der Waals surface area contributed by atoms with E-state index in [1.807, 2.05) is 37.3 Å². The van der Waals surface area contributed by atoms with Crippen molar-refractivity contribution in [2.45, 2.75) is 45.1 Å². The van der Waals surface area contributed by atoms with Gasteiger partial charge in [0.2, 0.25) is 0 Å². The smallest absolute Gasteiger partial charge is 0.311 e. The van der Waals surface area contributed by atoms with E-state index in [0.717, 1.165) is 18.4 Å². The number of unbranched alkanes of at least 4 members (excludes halogenated alkanes) is 1. The number of carbonyl (C=O) groups excluding carboxylic acids is 1. The molecule has 1 N–H and O–H groups in total. The van der Waals surface area contributed by atoms with Crippen LogP contribution in [0, 0.1) is 5.92 Å². The van der Waals surface area contributed by atoms with Crippen molar-refractivity contribution in [3.63, 3.8) is 0 Å². The fourth-order valence-electron chi connectivity index (χ4n) is 2.31. The van der Waals surface area contributed by atoms with Gasteiger partial charge in [0.25, 0.3) is 0 Å². The summed E-state index contributed by atoms with van der Waals surface area (Å²) in [6, 6.07) is 9.77. The predicted octanol–water partition coefficient (Wildman–Crippen LogP) is 3.13. The molecular weight excluding hydrogens is 240 g/mol. The van der Waals surface area contributed by atoms with Crippen molar-refractivity contribution in [2.24, 2.45) is 5.92 Å². The van der Waals surface area contributed by atoms with E-state index in [0.29, 0.717) is 6.42 Å². The zero-order chi connectivity index (χ0) is 14.3. The van der Waals surface area contributed by atoms with Crippen LogP contribution in [-0.2, 0) is 9.53 Å². The van der Waals surface area contributed by atoms with E-state index in [-0.39, 0.29) is 11.9 Å². The summed E-state index contributed by atoms with van der Waals surface area (Å²) in [5.74, 6) is -0.842. The predicted molar refractivity (Wildman–Crippen MR) is 75.9 cm³/mol. The zero-order valence-electron chi connectivity index (χ0n) is 12.0. The first-order valence-electron chi connectivity index (χ1n) is 6.92. The van der Waals surface area contributed by atoms with E-state index in [2.05, 4.69) is 6.92 Å². The number of hydrogen-bond acceptors (Lipinski definition) is 3. The molecule has 19 heavy (non-hydrogen) atoms. The number of ether oxygens (including phenoxy) is 1. The fraction of sp³-hybridized carbons (Fsp3) is 0.562. The summed E-state index contributed by atoms with van der Waals surface area (Å²) >= 11 is 0. The Balaban J connectivity index is 2.80. The maximum absolute atomic E-state index is 11.8. The number of methoxy groups -OCH3 is 1. The molecule has 0 saturated carbocycles. The molecule has 1 rings (SSSR count). The molecule has 0 aliphatic rings. The van der Waals surface area contributed by atoms with Gasteiger partial charge in [-0.15, -0.1) is 0 Å². The van der Waals surface area contributed by atoms with Crippen molar-refractivity contribution < 1.29 is 14.6 Å². The highest BCUT2D eigenvalue weighted by atomic mass is 16.5. The van der Waals surface area contributed by atoms with Crippen molar-refractivity contribution in [1.82, 2.24) is 0 Å². The molecule has 0 aliphatic carbocycles. The van der Waals surface area contributed by atoms with Crippen molar-refractivity contribution in [2.75, 3.05) is 7.11 Å². The van der Waals surface area contributed by atoms with Gasteiger partial charge in [-0.2, -0.15) is 0 Å². The molecule has 106 valence electrons. The zero-order valence-corrected chi connectivity index (χ0v) is 12.0. The van der Waals surface area contributed by atoms with E-state index in [4.69, 9.17) is 4.74 Å². The minimum absolute atomic E-state index is 0.0813. The first-order valence-corrected chi connectivity index (χ1v) is 6.92. The molecule has 3 unspecified atom stereocenters.